The van der Waals surface area contributed by atoms with Gasteiger partial charge in [-0.3, -0.25) is 4.79 Å². The third-order valence-electron chi connectivity index (χ3n) is 5.92. The minimum atomic E-state index is -1.24. The normalized spacial score (nSPS) is 23.7. The number of aliphatic hydroxyl groups is 2. The van der Waals surface area contributed by atoms with Crippen molar-refractivity contribution in [3.8, 4) is 28.7 Å². The number of carbonyl (C=O) groups is 1. The maximum absolute atomic E-state index is 13.4. The van der Waals surface area contributed by atoms with Crippen LogP contribution in [-0.2, 0) is 0 Å². The molecule has 2 aliphatic heterocycles. The Kier molecular flexibility index (Phi) is 5.23. The van der Waals surface area contributed by atoms with Crippen molar-refractivity contribution in [2.24, 2.45) is 0 Å². The van der Waals surface area contributed by atoms with Gasteiger partial charge in [-0.1, -0.05) is 0 Å². The monoisotopic (exact) mass is 430 g/mol. The van der Waals surface area contributed by atoms with Gasteiger partial charge in [0.1, 0.15) is 41.7 Å². The third kappa shape index (κ3) is 3.26. The number of hydrogen-bond acceptors (Lipinski definition) is 8. The minimum Gasteiger partial charge on any atom is -0.496 e. The van der Waals surface area contributed by atoms with E-state index in [-0.39, 0.29) is 23.7 Å². The third-order valence-corrected chi connectivity index (χ3v) is 5.92. The molecule has 0 unspecified atom stereocenters. The van der Waals surface area contributed by atoms with E-state index in [0.29, 0.717) is 34.1 Å². The molecule has 0 fully saturated rings. The van der Waals surface area contributed by atoms with Crippen molar-refractivity contribution in [1.82, 2.24) is 0 Å². The zero-order valence-electron chi connectivity index (χ0n) is 18.1. The number of aliphatic hydroxyl groups excluding tert-OH is 2. The van der Waals surface area contributed by atoms with Crippen LogP contribution in [0.1, 0.15) is 47.4 Å². The van der Waals surface area contributed by atoms with Crippen molar-refractivity contribution in [3.05, 3.63) is 41.0 Å². The number of benzene rings is 2. The summed E-state index contributed by atoms with van der Waals surface area (Å²) >= 11 is 0. The largest absolute Gasteiger partial charge is 0.496 e. The molecule has 2 aromatic rings. The van der Waals surface area contributed by atoms with Gasteiger partial charge in [0.05, 0.1) is 38.4 Å². The van der Waals surface area contributed by atoms with Crippen LogP contribution >= 0.6 is 0 Å². The summed E-state index contributed by atoms with van der Waals surface area (Å²) in [6.45, 7) is 3.41. The van der Waals surface area contributed by atoms with Crippen molar-refractivity contribution in [1.29, 1.82) is 0 Å². The predicted octanol–water partition coefficient (Wildman–Crippen LogP) is 2.64. The summed E-state index contributed by atoms with van der Waals surface area (Å²) in [5, 5.41) is 21.2. The predicted molar refractivity (Wildman–Crippen MR) is 111 cm³/mol. The van der Waals surface area contributed by atoms with Gasteiger partial charge in [0, 0.05) is 11.6 Å². The molecular formula is C23H26O8. The zero-order valence-corrected chi connectivity index (χ0v) is 18.1. The Balaban J connectivity index is 1.78. The number of Topliss-reactive ketones (excluding diaryl/α,β-unsaturated/α-hetero) is 1. The molecule has 0 amide bonds. The van der Waals surface area contributed by atoms with E-state index in [4.69, 9.17) is 23.7 Å². The lowest BCUT2D eigenvalue weighted by Crippen LogP contribution is -2.49. The van der Waals surface area contributed by atoms with Gasteiger partial charge in [-0.05, 0) is 32.0 Å². The number of ketones is 1. The van der Waals surface area contributed by atoms with Crippen molar-refractivity contribution >= 4 is 5.78 Å². The van der Waals surface area contributed by atoms with Crippen LogP contribution in [0.4, 0.5) is 0 Å². The summed E-state index contributed by atoms with van der Waals surface area (Å²) in [6, 6.07) is 6.62. The Labute approximate surface area is 180 Å². The van der Waals surface area contributed by atoms with E-state index in [1.165, 1.54) is 21.3 Å². The fraction of sp³-hybridized carbons (Fsp3) is 0.435. The average Bonchev–Trinajstić information content (AvgIpc) is 2.76. The molecule has 2 aliphatic rings. The first-order valence-electron chi connectivity index (χ1n) is 9.92. The van der Waals surface area contributed by atoms with E-state index in [1.54, 1.807) is 38.1 Å². The molecule has 31 heavy (non-hydrogen) atoms. The molecule has 8 nitrogen and oxygen atoms in total. The van der Waals surface area contributed by atoms with Gasteiger partial charge < -0.3 is 33.9 Å². The van der Waals surface area contributed by atoms with Crippen LogP contribution < -0.4 is 23.7 Å². The van der Waals surface area contributed by atoms with Crippen LogP contribution in [0.25, 0.3) is 0 Å². The van der Waals surface area contributed by atoms with Crippen molar-refractivity contribution in [2.75, 3.05) is 27.9 Å². The molecule has 0 saturated carbocycles. The molecular weight excluding hydrogens is 404 g/mol. The van der Waals surface area contributed by atoms with Gasteiger partial charge >= 0.3 is 0 Å². The molecule has 2 N–H and O–H groups in total. The second-order valence-electron chi connectivity index (χ2n) is 8.13. The molecule has 2 heterocycles. The highest BCUT2D eigenvalue weighted by atomic mass is 16.5. The van der Waals surface area contributed by atoms with E-state index in [9.17, 15) is 15.0 Å². The molecule has 0 spiro atoms. The summed E-state index contributed by atoms with van der Waals surface area (Å²) in [5.41, 5.74) is 0.220. The van der Waals surface area contributed by atoms with Crippen LogP contribution in [-0.4, -0.2) is 55.6 Å². The molecule has 0 radical (unpaired) electrons. The topological polar surface area (TPSA) is 104 Å². The Morgan fingerprint density at radius 1 is 1.00 bits per heavy atom. The first-order chi connectivity index (χ1) is 14.7. The van der Waals surface area contributed by atoms with Crippen LogP contribution in [0.15, 0.2) is 24.3 Å². The summed E-state index contributed by atoms with van der Waals surface area (Å²) in [5.74, 6) is 1.21. The highest BCUT2D eigenvalue weighted by Gasteiger charge is 2.46. The summed E-state index contributed by atoms with van der Waals surface area (Å²) < 4.78 is 28.0. The minimum absolute atomic E-state index is 0.0281. The van der Waals surface area contributed by atoms with Gasteiger partial charge in [0.15, 0.2) is 17.3 Å². The van der Waals surface area contributed by atoms with E-state index >= 15 is 0 Å². The smallest absolute Gasteiger partial charge is 0.177 e. The first-order valence-corrected chi connectivity index (χ1v) is 9.92. The summed E-state index contributed by atoms with van der Waals surface area (Å²) in [6.07, 6.45) is -2.41. The standard InChI is InChI=1S/C23H26O8/c1-23(2)22(26)20(25)18-14(31-23)7-6-11-19(24)13(10-30-21(11)18)12-8-16(28-4)17(29-5)9-15(12)27-3/h6-9,13,20,22,25-26H,10H2,1-5H3/t13-,20+,22-/m0/s1. The lowest BCUT2D eigenvalue weighted by molar-refractivity contribution is -0.112. The van der Waals surface area contributed by atoms with Crippen molar-refractivity contribution in [3.63, 3.8) is 0 Å². The lowest BCUT2D eigenvalue weighted by atomic mass is 9.83. The quantitative estimate of drug-likeness (QED) is 0.763. The fourth-order valence-corrected chi connectivity index (χ4v) is 4.17. The number of hydrogen-bond donors (Lipinski definition) is 2. The molecule has 0 aromatic heterocycles. The summed E-state index contributed by atoms with van der Waals surface area (Å²) in [7, 11) is 4.55. The van der Waals surface area contributed by atoms with Crippen LogP contribution in [0, 0.1) is 0 Å². The molecule has 166 valence electrons. The molecule has 3 atom stereocenters. The van der Waals surface area contributed by atoms with Crippen molar-refractivity contribution in [2.45, 2.75) is 37.6 Å². The van der Waals surface area contributed by atoms with E-state index in [0.717, 1.165) is 0 Å². The van der Waals surface area contributed by atoms with Crippen LogP contribution in [0.5, 0.6) is 28.7 Å². The van der Waals surface area contributed by atoms with Gasteiger partial charge in [0.25, 0.3) is 0 Å². The van der Waals surface area contributed by atoms with Gasteiger partial charge in [-0.2, -0.15) is 0 Å². The van der Waals surface area contributed by atoms with Crippen LogP contribution in [0.3, 0.4) is 0 Å². The van der Waals surface area contributed by atoms with E-state index in [1.807, 2.05) is 0 Å². The Hall–Kier alpha value is -2.97. The second-order valence-corrected chi connectivity index (χ2v) is 8.13. The highest BCUT2D eigenvalue weighted by Crippen LogP contribution is 2.49. The molecule has 4 rings (SSSR count). The number of fused-ring (bicyclic) bond motifs is 3. The number of carbonyl (C=O) groups excluding carboxylic acids is 1. The SMILES string of the molecule is COc1cc(OC)c([C@@H]2COc3c(ccc4c3[C@@H](O)[C@H](O)C(C)(C)O4)C2=O)cc1OC. The molecule has 2 aromatic carbocycles. The van der Waals surface area contributed by atoms with Gasteiger partial charge in [0.2, 0.25) is 0 Å². The maximum Gasteiger partial charge on any atom is 0.177 e. The van der Waals surface area contributed by atoms with E-state index in [2.05, 4.69) is 0 Å². The lowest BCUT2D eigenvalue weighted by Gasteiger charge is -2.41. The van der Waals surface area contributed by atoms with E-state index < -0.39 is 23.7 Å². The maximum atomic E-state index is 13.4. The Bertz CT molecular complexity index is 1030. The number of ether oxygens (including phenoxy) is 5. The Morgan fingerprint density at radius 2 is 1.65 bits per heavy atom. The van der Waals surface area contributed by atoms with Gasteiger partial charge in [-0.25, -0.2) is 0 Å². The highest BCUT2D eigenvalue weighted by molar-refractivity contribution is 6.05. The summed E-state index contributed by atoms with van der Waals surface area (Å²) in [4.78, 5) is 13.4. The van der Waals surface area contributed by atoms with Gasteiger partial charge in [-0.15, -0.1) is 0 Å². The molecule has 0 aliphatic carbocycles. The second kappa shape index (κ2) is 7.62. The fourth-order valence-electron chi connectivity index (χ4n) is 4.17. The molecule has 0 bridgehead atoms. The van der Waals surface area contributed by atoms with Crippen LogP contribution in [0.2, 0.25) is 0 Å². The van der Waals surface area contributed by atoms with Crippen molar-refractivity contribution < 1.29 is 38.7 Å². The molecule has 0 saturated heterocycles. The number of methoxy groups -OCH3 is 3. The number of rotatable bonds is 4. The average molecular weight is 430 g/mol. The zero-order chi connectivity index (χ0) is 22.5. The first kappa shape index (κ1) is 21.3. The molecule has 8 heteroatoms. The Morgan fingerprint density at radius 3 is 2.29 bits per heavy atom.